The van der Waals surface area contributed by atoms with Crippen LogP contribution in [0, 0.1) is 17.5 Å². The molecule has 2 fully saturated rings. The number of rotatable bonds is 5. The van der Waals surface area contributed by atoms with Crippen molar-refractivity contribution in [3.05, 3.63) is 53.3 Å². The third-order valence-electron chi connectivity index (χ3n) is 7.10. The summed E-state index contributed by atoms with van der Waals surface area (Å²) in [5.41, 5.74) is 0.705. The minimum atomic E-state index is -1.61. The van der Waals surface area contributed by atoms with Gasteiger partial charge in [0.25, 0.3) is 0 Å². The van der Waals surface area contributed by atoms with Gasteiger partial charge in [0.2, 0.25) is 0 Å². The van der Waals surface area contributed by atoms with E-state index in [-0.39, 0.29) is 17.5 Å². The first-order valence-electron chi connectivity index (χ1n) is 10.9. The van der Waals surface area contributed by atoms with Crippen LogP contribution in [0.5, 0.6) is 11.5 Å². The number of likely N-dealkylation sites (N-methyl/N-ethyl adjacent to an activating group) is 1. The van der Waals surface area contributed by atoms with Crippen LogP contribution in [0.4, 0.5) is 23.7 Å². The molecule has 1 aliphatic heterocycles. The van der Waals surface area contributed by atoms with E-state index in [1.807, 2.05) is 12.1 Å². The third kappa shape index (κ3) is 4.21. The summed E-state index contributed by atoms with van der Waals surface area (Å²) in [6.45, 7) is 0.929. The standard InChI is InChI=1S/C24H28F3N3O3/c1-30-11-10-24(14-4-7-18(32-2)19(12-14)33-3)9-8-15(13-20(24)30)28-23(31)29-17-6-5-16(25)21(26)22(17)27/h4-7,12,15,20H,8-11,13H2,1-3H3,(H2,28,29,31)/t15-,20+,24+/m1/s1. The van der Waals surface area contributed by atoms with Gasteiger partial charge in [-0.15, -0.1) is 0 Å². The maximum absolute atomic E-state index is 13.9. The van der Waals surface area contributed by atoms with Gasteiger partial charge in [-0.1, -0.05) is 6.07 Å². The molecule has 3 atom stereocenters. The van der Waals surface area contributed by atoms with Crippen molar-refractivity contribution in [1.29, 1.82) is 0 Å². The molecule has 178 valence electrons. The molecule has 0 aromatic heterocycles. The van der Waals surface area contributed by atoms with Crippen molar-refractivity contribution in [3.8, 4) is 11.5 Å². The summed E-state index contributed by atoms with van der Waals surface area (Å²) >= 11 is 0. The third-order valence-corrected chi connectivity index (χ3v) is 7.10. The summed E-state index contributed by atoms with van der Waals surface area (Å²) in [4.78, 5) is 14.8. The second-order valence-corrected chi connectivity index (χ2v) is 8.76. The lowest BCUT2D eigenvalue weighted by Crippen LogP contribution is -2.52. The highest BCUT2D eigenvalue weighted by molar-refractivity contribution is 5.89. The molecule has 0 bridgehead atoms. The fourth-order valence-corrected chi connectivity index (χ4v) is 5.36. The van der Waals surface area contributed by atoms with E-state index in [0.29, 0.717) is 17.9 Å². The number of amides is 2. The van der Waals surface area contributed by atoms with Crippen molar-refractivity contribution in [2.75, 3.05) is 33.1 Å². The predicted octanol–water partition coefficient (Wildman–Crippen LogP) is 4.44. The van der Waals surface area contributed by atoms with Crippen LogP contribution in [0.2, 0.25) is 0 Å². The molecule has 33 heavy (non-hydrogen) atoms. The van der Waals surface area contributed by atoms with Crippen LogP contribution in [-0.4, -0.2) is 50.8 Å². The van der Waals surface area contributed by atoms with Gasteiger partial charge in [0.05, 0.1) is 19.9 Å². The Labute approximate surface area is 191 Å². The molecule has 1 saturated heterocycles. The first kappa shape index (κ1) is 23.2. The topological polar surface area (TPSA) is 62.8 Å². The van der Waals surface area contributed by atoms with Crippen LogP contribution < -0.4 is 20.1 Å². The minimum absolute atomic E-state index is 0.0743. The molecule has 0 spiro atoms. The highest BCUT2D eigenvalue weighted by Crippen LogP contribution is 2.49. The molecule has 2 aromatic carbocycles. The molecule has 0 radical (unpaired) electrons. The van der Waals surface area contributed by atoms with Gasteiger partial charge in [-0.25, -0.2) is 18.0 Å². The number of methoxy groups -OCH3 is 2. The van der Waals surface area contributed by atoms with Gasteiger partial charge in [0, 0.05) is 17.5 Å². The van der Waals surface area contributed by atoms with Crippen molar-refractivity contribution < 1.29 is 27.4 Å². The molecule has 4 rings (SSSR count). The monoisotopic (exact) mass is 463 g/mol. The number of fused-ring (bicyclic) bond motifs is 1. The zero-order valence-electron chi connectivity index (χ0n) is 18.9. The molecule has 1 heterocycles. The average molecular weight is 464 g/mol. The first-order valence-corrected chi connectivity index (χ1v) is 10.9. The van der Waals surface area contributed by atoms with Gasteiger partial charge in [-0.3, -0.25) is 0 Å². The Kier molecular flexibility index (Phi) is 6.43. The van der Waals surface area contributed by atoms with E-state index < -0.39 is 29.2 Å². The number of likely N-dealkylation sites (tertiary alicyclic amines) is 1. The van der Waals surface area contributed by atoms with E-state index in [1.54, 1.807) is 14.2 Å². The lowest BCUT2D eigenvalue weighted by Gasteiger charge is -2.45. The quantitative estimate of drug-likeness (QED) is 0.644. The number of ether oxygens (including phenoxy) is 2. The number of halogens is 3. The van der Waals surface area contributed by atoms with Crippen molar-refractivity contribution in [1.82, 2.24) is 10.2 Å². The van der Waals surface area contributed by atoms with Crippen molar-refractivity contribution in [2.45, 2.75) is 43.2 Å². The molecule has 2 aromatic rings. The molecular formula is C24H28F3N3O3. The molecular weight excluding hydrogens is 435 g/mol. The number of anilines is 1. The SMILES string of the molecule is COc1ccc([C@@]23CC[C@@H](NC(=O)Nc4ccc(F)c(F)c4F)C[C@@H]2N(C)CC3)cc1OC. The Hall–Kier alpha value is -2.94. The molecule has 2 N–H and O–H groups in total. The lowest BCUT2D eigenvalue weighted by atomic mass is 9.65. The van der Waals surface area contributed by atoms with Crippen LogP contribution in [-0.2, 0) is 5.41 Å². The largest absolute Gasteiger partial charge is 0.493 e. The van der Waals surface area contributed by atoms with Crippen molar-refractivity contribution in [2.24, 2.45) is 0 Å². The van der Waals surface area contributed by atoms with Crippen LogP contribution >= 0.6 is 0 Å². The summed E-state index contributed by atoms with van der Waals surface area (Å²) in [6, 6.07) is 7.22. The number of carbonyl (C=O) groups is 1. The minimum Gasteiger partial charge on any atom is -0.493 e. The van der Waals surface area contributed by atoms with E-state index in [2.05, 4.69) is 28.6 Å². The predicted molar refractivity (Wildman–Crippen MR) is 118 cm³/mol. The molecule has 9 heteroatoms. The maximum atomic E-state index is 13.9. The summed E-state index contributed by atoms with van der Waals surface area (Å²) < 4.78 is 51.4. The Morgan fingerprint density at radius 2 is 1.82 bits per heavy atom. The second-order valence-electron chi connectivity index (χ2n) is 8.76. The van der Waals surface area contributed by atoms with Crippen molar-refractivity contribution in [3.63, 3.8) is 0 Å². The number of urea groups is 1. The zero-order chi connectivity index (χ0) is 23.8. The molecule has 6 nitrogen and oxygen atoms in total. The Balaban J connectivity index is 1.48. The van der Waals surface area contributed by atoms with Crippen LogP contribution in [0.15, 0.2) is 30.3 Å². The van der Waals surface area contributed by atoms with Crippen LogP contribution in [0.1, 0.15) is 31.2 Å². The van der Waals surface area contributed by atoms with E-state index in [4.69, 9.17) is 9.47 Å². The second kappa shape index (κ2) is 9.13. The van der Waals surface area contributed by atoms with E-state index in [1.165, 1.54) is 5.56 Å². The van der Waals surface area contributed by atoms with E-state index in [0.717, 1.165) is 37.9 Å². The number of benzene rings is 2. The van der Waals surface area contributed by atoms with E-state index in [9.17, 15) is 18.0 Å². The Bertz CT molecular complexity index is 1050. The highest BCUT2D eigenvalue weighted by Gasteiger charge is 2.50. The fraction of sp³-hybridized carbons (Fsp3) is 0.458. The molecule has 2 amide bonds. The Morgan fingerprint density at radius 3 is 2.55 bits per heavy atom. The lowest BCUT2D eigenvalue weighted by molar-refractivity contribution is 0.156. The van der Waals surface area contributed by atoms with Crippen LogP contribution in [0.3, 0.4) is 0 Å². The van der Waals surface area contributed by atoms with Gasteiger partial charge in [-0.2, -0.15) is 0 Å². The zero-order valence-corrected chi connectivity index (χ0v) is 18.9. The number of nitrogens with zero attached hydrogens (tertiary/aromatic N) is 1. The van der Waals surface area contributed by atoms with Crippen LogP contribution in [0.25, 0.3) is 0 Å². The molecule has 2 aliphatic rings. The smallest absolute Gasteiger partial charge is 0.319 e. The summed E-state index contributed by atoms with van der Waals surface area (Å²) in [6.07, 6.45) is 3.27. The summed E-state index contributed by atoms with van der Waals surface area (Å²) in [5.74, 6) is -2.97. The summed E-state index contributed by atoms with van der Waals surface area (Å²) in [5, 5.41) is 5.16. The van der Waals surface area contributed by atoms with Gasteiger partial charge >= 0.3 is 6.03 Å². The van der Waals surface area contributed by atoms with Crippen molar-refractivity contribution >= 4 is 11.7 Å². The number of hydrogen-bond donors (Lipinski definition) is 2. The molecule has 0 unspecified atom stereocenters. The number of nitrogens with one attached hydrogen (secondary N) is 2. The van der Waals surface area contributed by atoms with Gasteiger partial charge < -0.3 is 25.0 Å². The summed E-state index contributed by atoms with van der Waals surface area (Å²) in [7, 11) is 5.30. The first-order chi connectivity index (χ1) is 15.8. The molecule has 1 saturated carbocycles. The van der Waals surface area contributed by atoms with Gasteiger partial charge in [-0.05, 0) is 69.1 Å². The fourth-order valence-electron chi connectivity index (χ4n) is 5.36. The number of carbonyl (C=O) groups excluding carboxylic acids is 1. The van der Waals surface area contributed by atoms with Gasteiger partial charge in [0.15, 0.2) is 29.0 Å². The normalized spacial score (nSPS) is 24.8. The average Bonchev–Trinajstić information content (AvgIpc) is 3.16. The Morgan fingerprint density at radius 1 is 1.06 bits per heavy atom. The highest BCUT2D eigenvalue weighted by atomic mass is 19.2. The van der Waals surface area contributed by atoms with E-state index >= 15 is 0 Å². The number of hydrogen-bond acceptors (Lipinski definition) is 4. The maximum Gasteiger partial charge on any atom is 0.319 e. The molecule has 1 aliphatic carbocycles. The van der Waals surface area contributed by atoms with Gasteiger partial charge in [0.1, 0.15) is 0 Å².